The van der Waals surface area contributed by atoms with Gasteiger partial charge in [-0.15, -0.1) is 0 Å². The summed E-state index contributed by atoms with van der Waals surface area (Å²) < 4.78 is 0. The topological polar surface area (TPSA) is 110 Å². The smallest absolute Gasteiger partial charge is 0.314 e. The summed E-state index contributed by atoms with van der Waals surface area (Å²) in [6, 6.07) is 4.30. The Morgan fingerprint density at radius 2 is 2.21 bits per heavy atom. The number of nitrogens with zero attached hydrogens (tertiary/aromatic N) is 1. The third-order valence-electron chi connectivity index (χ3n) is 2.94. The van der Waals surface area contributed by atoms with Crippen LogP contribution in [0.25, 0.3) is 0 Å². The van der Waals surface area contributed by atoms with Crippen LogP contribution in [0.3, 0.4) is 0 Å². The first kappa shape index (κ1) is 13.1. The number of rotatable bonds is 5. The highest BCUT2D eigenvalue weighted by Gasteiger charge is 2.27. The molecule has 0 radical (unpaired) electrons. The van der Waals surface area contributed by atoms with E-state index < -0.39 is 11.0 Å². The number of nitrogens with one attached hydrogen (secondary N) is 2. The van der Waals surface area contributed by atoms with Gasteiger partial charge in [0.15, 0.2) is 0 Å². The van der Waals surface area contributed by atoms with Crippen LogP contribution in [0.1, 0.15) is 19.8 Å². The number of para-hydroxylation sites is 1. The van der Waals surface area contributed by atoms with E-state index in [1.807, 2.05) is 0 Å². The number of carbonyl (C=O) groups excluding carboxylic acids is 1. The Bertz CT molecular complexity index is 514. The van der Waals surface area contributed by atoms with E-state index in [0.29, 0.717) is 0 Å². The van der Waals surface area contributed by atoms with Crippen LogP contribution in [0.4, 0.5) is 17.1 Å². The highest BCUT2D eigenvalue weighted by Crippen LogP contribution is 2.31. The normalized spacial score (nSPS) is 15.6. The van der Waals surface area contributed by atoms with Crippen molar-refractivity contribution < 1.29 is 9.72 Å². The maximum atomic E-state index is 11.8. The molecule has 102 valence electrons. The van der Waals surface area contributed by atoms with E-state index >= 15 is 0 Å². The van der Waals surface area contributed by atoms with Gasteiger partial charge in [0, 0.05) is 6.04 Å². The number of anilines is 2. The first-order valence-corrected chi connectivity index (χ1v) is 6.09. The third kappa shape index (κ3) is 3.12. The van der Waals surface area contributed by atoms with E-state index in [9.17, 15) is 14.9 Å². The molecule has 1 unspecified atom stereocenters. The summed E-state index contributed by atoms with van der Waals surface area (Å²) in [5, 5.41) is 16.6. The van der Waals surface area contributed by atoms with E-state index in [2.05, 4.69) is 10.6 Å². The van der Waals surface area contributed by atoms with Crippen LogP contribution in [-0.4, -0.2) is 22.9 Å². The van der Waals surface area contributed by atoms with Gasteiger partial charge in [-0.1, -0.05) is 6.07 Å². The molecule has 7 heteroatoms. The lowest BCUT2D eigenvalue weighted by molar-refractivity contribution is -0.383. The minimum atomic E-state index is -0.555. The van der Waals surface area contributed by atoms with Crippen molar-refractivity contribution >= 4 is 23.0 Å². The van der Waals surface area contributed by atoms with Crippen molar-refractivity contribution in [2.24, 2.45) is 0 Å². The highest BCUT2D eigenvalue weighted by molar-refractivity contribution is 5.86. The third-order valence-corrected chi connectivity index (χ3v) is 2.94. The number of hydrogen-bond donors (Lipinski definition) is 3. The molecule has 1 fully saturated rings. The van der Waals surface area contributed by atoms with Crippen molar-refractivity contribution in [2.45, 2.75) is 31.8 Å². The number of hydrogen-bond acceptors (Lipinski definition) is 5. The minimum absolute atomic E-state index is 0.0739. The largest absolute Gasteiger partial charge is 0.393 e. The van der Waals surface area contributed by atoms with Crippen LogP contribution < -0.4 is 16.4 Å². The number of nitrogen functional groups attached to an aromatic ring is 1. The second kappa shape index (κ2) is 5.13. The molecule has 0 aromatic heterocycles. The van der Waals surface area contributed by atoms with Crippen LogP contribution in [0.2, 0.25) is 0 Å². The van der Waals surface area contributed by atoms with Crippen molar-refractivity contribution in [3.63, 3.8) is 0 Å². The van der Waals surface area contributed by atoms with Crippen molar-refractivity contribution in [3.05, 3.63) is 28.3 Å². The fourth-order valence-corrected chi connectivity index (χ4v) is 1.73. The predicted molar refractivity (Wildman–Crippen MR) is 71.8 cm³/mol. The molecule has 0 spiro atoms. The molecule has 1 aliphatic carbocycles. The SMILES string of the molecule is CC(Nc1cccc(N)c1[N+](=O)[O-])C(=O)NC1CC1. The van der Waals surface area contributed by atoms with Crippen molar-refractivity contribution in [2.75, 3.05) is 11.1 Å². The molecule has 0 bridgehead atoms. The Balaban J connectivity index is 2.11. The molecule has 2 rings (SSSR count). The van der Waals surface area contributed by atoms with Gasteiger partial charge >= 0.3 is 5.69 Å². The molecular weight excluding hydrogens is 248 g/mol. The second-order valence-electron chi connectivity index (χ2n) is 4.65. The molecule has 1 saturated carbocycles. The lowest BCUT2D eigenvalue weighted by atomic mass is 10.2. The Morgan fingerprint density at radius 1 is 1.53 bits per heavy atom. The van der Waals surface area contributed by atoms with Crippen molar-refractivity contribution in [3.8, 4) is 0 Å². The van der Waals surface area contributed by atoms with E-state index in [-0.39, 0.29) is 29.0 Å². The zero-order valence-corrected chi connectivity index (χ0v) is 10.6. The van der Waals surface area contributed by atoms with E-state index in [4.69, 9.17) is 5.73 Å². The Morgan fingerprint density at radius 3 is 2.79 bits per heavy atom. The Hall–Kier alpha value is -2.31. The van der Waals surface area contributed by atoms with Gasteiger partial charge in [0.1, 0.15) is 17.4 Å². The number of amides is 1. The van der Waals surface area contributed by atoms with Gasteiger partial charge in [0.2, 0.25) is 5.91 Å². The molecule has 1 atom stereocenters. The maximum Gasteiger partial charge on any atom is 0.314 e. The van der Waals surface area contributed by atoms with Crippen LogP contribution >= 0.6 is 0 Å². The first-order chi connectivity index (χ1) is 8.99. The summed E-state index contributed by atoms with van der Waals surface area (Å²) in [6.07, 6.45) is 1.99. The van der Waals surface area contributed by atoms with Gasteiger partial charge in [-0.2, -0.15) is 0 Å². The lowest BCUT2D eigenvalue weighted by Crippen LogP contribution is -2.38. The lowest BCUT2D eigenvalue weighted by Gasteiger charge is -2.15. The molecule has 19 heavy (non-hydrogen) atoms. The fourth-order valence-electron chi connectivity index (χ4n) is 1.73. The van der Waals surface area contributed by atoms with Crippen molar-refractivity contribution in [1.82, 2.24) is 5.32 Å². The average Bonchev–Trinajstić information content (AvgIpc) is 3.12. The van der Waals surface area contributed by atoms with Gasteiger partial charge in [0.25, 0.3) is 0 Å². The summed E-state index contributed by atoms with van der Waals surface area (Å²) in [5.74, 6) is -0.167. The highest BCUT2D eigenvalue weighted by atomic mass is 16.6. The number of benzene rings is 1. The molecule has 1 aromatic rings. The zero-order valence-electron chi connectivity index (χ0n) is 10.6. The summed E-state index contributed by atoms with van der Waals surface area (Å²) >= 11 is 0. The zero-order chi connectivity index (χ0) is 14.0. The molecule has 0 heterocycles. The van der Waals surface area contributed by atoms with Crippen LogP contribution in [-0.2, 0) is 4.79 Å². The standard InChI is InChI=1S/C12H16N4O3/c1-7(12(17)15-8-5-6-8)14-10-4-2-3-9(13)11(10)16(18)19/h2-4,7-8,14H,5-6,13H2,1H3,(H,15,17). The quantitative estimate of drug-likeness (QED) is 0.421. The van der Waals surface area contributed by atoms with Crippen LogP contribution in [0.5, 0.6) is 0 Å². The molecule has 0 saturated heterocycles. The van der Waals surface area contributed by atoms with Crippen molar-refractivity contribution in [1.29, 1.82) is 0 Å². The summed E-state index contributed by atoms with van der Waals surface area (Å²) in [5.41, 5.74) is 5.71. The molecule has 1 aliphatic rings. The van der Waals surface area contributed by atoms with Crippen LogP contribution in [0.15, 0.2) is 18.2 Å². The summed E-state index contributed by atoms with van der Waals surface area (Å²) in [7, 11) is 0. The van der Waals surface area contributed by atoms with E-state index in [1.165, 1.54) is 12.1 Å². The van der Waals surface area contributed by atoms with Gasteiger partial charge < -0.3 is 16.4 Å². The Kier molecular flexibility index (Phi) is 3.55. The van der Waals surface area contributed by atoms with E-state index in [0.717, 1.165) is 12.8 Å². The van der Waals surface area contributed by atoms with Gasteiger partial charge in [-0.3, -0.25) is 14.9 Å². The second-order valence-corrected chi connectivity index (χ2v) is 4.65. The Labute approximate surface area is 110 Å². The van der Waals surface area contributed by atoms with Gasteiger partial charge in [0.05, 0.1) is 4.92 Å². The molecule has 4 N–H and O–H groups in total. The molecular formula is C12H16N4O3. The minimum Gasteiger partial charge on any atom is -0.393 e. The fraction of sp³-hybridized carbons (Fsp3) is 0.417. The van der Waals surface area contributed by atoms with E-state index in [1.54, 1.807) is 13.0 Å². The van der Waals surface area contributed by atoms with Gasteiger partial charge in [-0.05, 0) is 31.9 Å². The molecule has 1 amide bonds. The maximum absolute atomic E-state index is 11.8. The van der Waals surface area contributed by atoms with Gasteiger partial charge in [-0.25, -0.2) is 0 Å². The number of nitrogens with two attached hydrogens (primary N) is 1. The monoisotopic (exact) mass is 264 g/mol. The number of carbonyl (C=O) groups is 1. The molecule has 0 aliphatic heterocycles. The summed E-state index contributed by atoms with van der Waals surface area (Å²) in [6.45, 7) is 1.66. The summed E-state index contributed by atoms with van der Waals surface area (Å²) in [4.78, 5) is 22.2. The van der Waals surface area contributed by atoms with Crippen LogP contribution in [0, 0.1) is 10.1 Å². The molecule has 7 nitrogen and oxygen atoms in total. The number of nitro groups is 1. The molecule has 1 aromatic carbocycles. The average molecular weight is 264 g/mol. The predicted octanol–water partition coefficient (Wildman–Crippen LogP) is 1.26. The first-order valence-electron chi connectivity index (χ1n) is 6.09. The number of nitro benzene ring substituents is 1.